The fourth-order valence-electron chi connectivity index (χ4n) is 10.5. The van der Waals surface area contributed by atoms with Gasteiger partial charge in [-0.05, 0) is 115 Å². The molecule has 1 atom stereocenters. The normalized spacial score (nSPS) is 14.0. The second-order valence-electron chi connectivity index (χ2n) is 17.8. The van der Waals surface area contributed by atoms with Crippen LogP contribution in [0.5, 0.6) is 0 Å². The summed E-state index contributed by atoms with van der Waals surface area (Å²) in [4.78, 5) is 10.7. The maximum atomic E-state index is 6.39. The molecule has 1 unspecified atom stereocenters. The molecule has 0 spiro atoms. The Morgan fingerprint density at radius 2 is 1.04 bits per heavy atom. The number of furan rings is 1. The zero-order valence-corrected chi connectivity index (χ0v) is 36.8. The van der Waals surface area contributed by atoms with E-state index in [0.717, 1.165) is 83.1 Å². The van der Waals surface area contributed by atoms with Gasteiger partial charge in [-0.25, -0.2) is 9.98 Å². The predicted molar refractivity (Wildman–Crippen MR) is 283 cm³/mol. The molecule has 1 N–H and O–H groups in total. The number of hydrogen-bond acceptors (Lipinski definition) is 4. The smallest absolute Gasteiger partial charge is 0.159 e. The molecule has 0 radical (unpaired) electrons. The van der Waals surface area contributed by atoms with Crippen molar-refractivity contribution >= 4 is 87.7 Å². The van der Waals surface area contributed by atoms with Crippen molar-refractivity contribution in [1.82, 2.24) is 9.88 Å². The maximum Gasteiger partial charge on any atom is 0.159 e. The molecule has 0 saturated carbocycles. The number of hydrogen-bond donors (Lipinski definition) is 1. The zero-order valence-electron chi connectivity index (χ0n) is 36.8. The molecule has 5 nitrogen and oxygen atoms in total. The minimum Gasteiger partial charge on any atom is -0.456 e. The van der Waals surface area contributed by atoms with Gasteiger partial charge in [-0.3, -0.25) is 0 Å². The van der Waals surface area contributed by atoms with Crippen molar-refractivity contribution in [2.24, 2.45) is 9.98 Å². The minimum atomic E-state index is -0.450. The van der Waals surface area contributed by atoms with E-state index < -0.39 is 6.17 Å². The lowest BCUT2D eigenvalue weighted by atomic mass is 9.97. The number of nitrogens with one attached hydrogen (secondary N) is 1. The Balaban J connectivity index is 1.02. The lowest BCUT2D eigenvalue weighted by molar-refractivity contribution is 0.669. The SMILES string of the molecule is c1ccc(-c2cccc3c2c2cc4ccccc4cc2n3-c2ccc(C3N=C(c4ccc5ccccc5c4)N=C(c4ccc5ccccc5c4)N3)cc2-c2ccc3oc4ccccc4c3c2)cc1. The van der Waals surface area contributed by atoms with Gasteiger partial charge in [-0.15, -0.1) is 0 Å². The molecule has 0 amide bonds. The number of nitrogens with zero attached hydrogens (tertiary/aromatic N) is 3. The van der Waals surface area contributed by atoms with Crippen molar-refractivity contribution in [1.29, 1.82) is 0 Å². The number of benzene rings is 11. The number of para-hydroxylation sites is 1. The average molecular weight is 869 g/mol. The third kappa shape index (κ3) is 6.24. The Morgan fingerprint density at radius 1 is 0.397 bits per heavy atom. The molecular weight excluding hydrogens is 829 g/mol. The summed E-state index contributed by atoms with van der Waals surface area (Å²) in [5.74, 6) is 1.46. The Morgan fingerprint density at radius 3 is 1.84 bits per heavy atom. The summed E-state index contributed by atoms with van der Waals surface area (Å²) in [6.07, 6.45) is -0.450. The topological polar surface area (TPSA) is 54.8 Å². The van der Waals surface area contributed by atoms with Crippen LogP contribution in [0.1, 0.15) is 22.9 Å². The summed E-state index contributed by atoms with van der Waals surface area (Å²) in [7, 11) is 0. The second-order valence-corrected chi connectivity index (χ2v) is 17.8. The van der Waals surface area contributed by atoms with E-state index in [-0.39, 0.29) is 0 Å². The van der Waals surface area contributed by atoms with Crippen LogP contribution >= 0.6 is 0 Å². The molecule has 1 aliphatic rings. The quantitative estimate of drug-likeness (QED) is 0.181. The number of aliphatic imine (C=N–C) groups is 2. The Labute approximate surface area is 391 Å². The lowest BCUT2D eigenvalue weighted by Crippen LogP contribution is -2.33. The van der Waals surface area contributed by atoms with E-state index in [4.69, 9.17) is 14.4 Å². The molecule has 318 valence electrons. The highest BCUT2D eigenvalue weighted by Crippen LogP contribution is 2.44. The number of aromatic nitrogens is 1. The van der Waals surface area contributed by atoms with E-state index in [1.165, 1.54) is 43.4 Å². The van der Waals surface area contributed by atoms with Gasteiger partial charge in [-0.2, -0.15) is 0 Å². The van der Waals surface area contributed by atoms with E-state index in [1.54, 1.807) is 0 Å². The first-order chi connectivity index (χ1) is 33.7. The summed E-state index contributed by atoms with van der Waals surface area (Å²) >= 11 is 0. The average Bonchev–Trinajstić information content (AvgIpc) is 3.94. The number of amidine groups is 2. The van der Waals surface area contributed by atoms with Gasteiger partial charge in [0.1, 0.15) is 23.2 Å². The molecule has 0 aliphatic carbocycles. The van der Waals surface area contributed by atoms with Crippen LogP contribution in [0.25, 0.3) is 104 Å². The Hall–Kier alpha value is -9.06. The molecule has 0 saturated heterocycles. The summed E-state index contributed by atoms with van der Waals surface area (Å²) in [6.45, 7) is 0. The van der Waals surface area contributed by atoms with Crippen molar-refractivity contribution in [3.8, 4) is 27.9 Å². The third-order valence-electron chi connectivity index (χ3n) is 13.8. The largest absolute Gasteiger partial charge is 0.456 e. The molecule has 11 aromatic carbocycles. The minimum absolute atomic E-state index is 0.450. The predicted octanol–water partition coefficient (Wildman–Crippen LogP) is 16.0. The summed E-state index contributed by atoms with van der Waals surface area (Å²) in [5.41, 5.74) is 12.6. The number of rotatable bonds is 6. The van der Waals surface area contributed by atoms with Crippen LogP contribution < -0.4 is 5.32 Å². The van der Waals surface area contributed by atoms with Gasteiger partial charge in [0.2, 0.25) is 0 Å². The molecule has 5 heteroatoms. The highest BCUT2D eigenvalue weighted by molar-refractivity contribution is 6.19. The molecular formula is C63H40N4O. The molecule has 68 heavy (non-hydrogen) atoms. The van der Waals surface area contributed by atoms with Crippen LogP contribution in [0.3, 0.4) is 0 Å². The van der Waals surface area contributed by atoms with Crippen LogP contribution in [0.4, 0.5) is 0 Å². The number of fused-ring (bicyclic) bond motifs is 9. The maximum absolute atomic E-state index is 6.39. The first-order valence-electron chi connectivity index (χ1n) is 23.2. The van der Waals surface area contributed by atoms with Crippen molar-refractivity contribution in [3.05, 3.63) is 247 Å². The van der Waals surface area contributed by atoms with Crippen LogP contribution in [0.15, 0.2) is 245 Å². The second kappa shape index (κ2) is 15.3. The van der Waals surface area contributed by atoms with E-state index in [9.17, 15) is 0 Å². The lowest BCUT2D eigenvalue weighted by Gasteiger charge is -2.25. The molecule has 0 bridgehead atoms. The molecule has 3 heterocycles. The molecule has 2 aromatic heterocycles. The van der Waals surface area contributed by atoms with Gasteiger partial charge in [0, 0.05) is 38.2 Å². The standard InChI is InChI=1S/C63H40N4O/c1-2-15-41(16-3-1)50-22-12-23-56-60(50)54-35-44-19-8-9-20-45(44)38-57(54)67(56)55-31-29-49(37-52(55)46-30-32-59-53(36-46)51-21-10-11-24-58(51)68-59)63-65-61(47-27-25-39-13-4-6-17-42(39)33-47)64-62(66-63)48-28-26-40-14-5-7-18-43(40)34-48/h1-38,63H,(H,64,65,66). The van der Waals surface area contributed by atoms with Crippen molar-refractivity contribution in [2.45, 2.75) is 6.17 Å². The van der Waals surface area contributed by atoms with Gasteiger partial charge in [-0.1, -0.05) is 170 Å². The fourth-order valence-corrected chi connectivity index (χ4v) is 10.5. The molecule has 13 aromatic rings. The fraction of sp³-hybridized carbons (Fsp3) is 0.0159. The van der Waals surface area contributed by atoms with E-state index in [1.807, 2.05) is 12.1 Å². The van der Waals surface area contributed by atoms with Gasteiger partial charge in [0.15, 0.2) is 5.84 Å². The molecule has 0 fully saturated rings. The monoisotopic (exact) mass is 868 g/mol. The highest BCUT2D eigenvalue weighted by atomic mass is 16.3. The summed E-state index contributed by atoms with van der Waals surface area (Å²) in [5, 5.41) is 15.5. The van der Waals surface area contributed by atoms with E-state index in [2.05, 4.69) is 228 Å². The van der Waals surface area contributed by atoms with Gasteiger partial charge in [0.05, 0.1) is 16.7 Å². The van der Waals surface area contributed by atoms with Gasteiger partial charge in [0.25, 0.3) is 0 Å². The van der Waals surface area contributed by atoms with Crippen LogP contribution in [0, 0.1) is 0 Å². The van der Waals surface area contributed by atoms with Crippen molar-refractivity contribution in [3.63, 3.8) is 0 Å². The van der Waals surface area contributed by atoms with E-state index in [0.29, 0.717) is 5.84 Å². The van der Waals surface area contributed by atoms with Crippen LogP contribution in [0.2, 0.25) is 0 Å². The molecule has 14 rings (SSSR count). The Bertz CT molecular complexity index is 4250. The van der Waals surface area contributed by atoms with Crippen molar-refractivity contribution in [2.75, 3.05) is 0 Å². The summed E-state index contributed by atoms with van der Waals surface area (Å²) in [6, 6.07) is 82.6. The third-order valence-corrected chi connectivity index (χ3v) is 13.8. The van der Waals surface area contributed by atoms with Crippen molar-refractivity contribution < 1.29 is 4.42 Å². The summed E-state index contributed by atoms with van der Waals surface area (Å²) < 4.78 is 8.86. The molecule has 1 aliphatic heterocycles. The zero-order chi connectivity index (χ0) is 44.7. The highest BCUT2D eigenvalue weighted by Gasteiger charge is 2.25. The van der Waals surface area contributed by atoms with E-state index >= 15 is 0 Å². The Kier molecular flexibility index (Phi) is 8.58. The van der Waals surface area contributed by atoms with Crippen LogP contribution in [-0.2, 0) is 0 Å². The van der Waals surface area contributed by atoms with Crippen LogP contribution in [-0.4, -0.2) is 16.2 Å². The first kappa shape index (κ1) is 38.2. The van der Waals surface area contributed by atoms with Gasteiger partial charge >= 0.3 is 0 Å². The van der Waals surface area contributed by atoms with Gasteiger partial charge < -0.3 is 14.3 Å². The first-order valence-corrected chi connectivity index (χ1v) is 23.2.